The SMILES string of the molecule is C[C@H](N)C(=O)N[C@@H](CCCCN)C(=O)N1CCC[C@H]1C(=O)O. The third-order valence-corrected chi connectivity index (χ3v) is 3.80. The molecule has 0 aromatic rings. The average molecular weight is 314 g/mol. The van der Waals surface area contributed by atoms with Crippen molar-refractivity contribution < 1.29 is 19.5 Å². The third-order valence-electron chi connectivity index (χ3n) is 3.80. The van der Waals surface area contributed by atoms with Crippen LogP contribution >= 0.6 is 0 Å². The number of amides is 2. The summed E-state index contributed by atoms with van der Waals surface area (Å²) in [6.45, 7) is 2.44. The Kier molecular flexibility index (Phi) is 7.26. The number of hydrogen-bond acceptors (Lipinski definition) is 5. The lowest BCUT2D eigenvalue weighted by Crippen LogP contribution is -2.54. The van der Waals surface area contributed by atoms with Gasteiger partial charge in [-0.3, -0.25) is 9.59 Å². The normalized spacial score (nSPS) is 20.5. The van der Waals surface area contributed by atoms with E-state index in [1.807, 2.05) is 0 Å². The maximum absolute atomic E-state index is 12.6. The van der Waals surface area contributed by atoms with Crippen LogP contribution in [-0.2, 0) is 14.4 Å². The van der Waals surface area contributed by atoms with Gasteiger partial charge in [-0.15, -0.1) is 0 Å². The zero-order valence-electron chi connectivity index (χ0n) is 13.0. The summed E-state index contributed by atoms with van der Waals surface area (Å²) in [5.74, 6) is -1.78. The smallest absolute Gasteiger partial charge is 0.326 e. The van der Waals surface area contributed by atoms with Crippen LogP contribution in [0.4, 0.5) is 0 Å². The van der Waals surface area contributed by atoms with E-state index >= 15 is 0 Å². The van der Waals surface area contributed by atoms with Crippen molar-refractivity contribution in [3.63, 3.8) is 0 Å². The quantitative estimate of drug-likeness (QED) is 0.425. The number of rotatable bonds is 8. The maximum atomic E-state index is 12.6. The molecule has 0 bridgehead atoms. The summed E-state index contributed by atoms with van der Waals surface area (Å²) in [6.07, 6.45) is 2.94. The molecule has 1 fully saturated rings. The van der Waals surface area contributed by atoms with Crippen molar-refractivity contribution in [2.45, 2.75) is 57.2 Å². The van der Waals surface area contributed by atoms with E-state index in [9.17, 15) is 19.5 Å². The molecule has 8 nitrogen and oxygen atoms in total. The number of unbranched alkanes of at least 4 members (excludes halogenated alkanes) is 1. The molecular weight excluding hydrogens is 288 g/mol. The molecule has 8 heteroatoms. The topological polar surface area (TPSA) is 139 Å². The largest absolute Gasteiger partial charge is 0.480 e. The summed E-state index contributed by atoms with van der Waals surface area (Å²) in [7, 11) is 0. The molecule has 1 saturated heterocycles. The highest BCUT2D eigenvalue weighted by atomic mass is 16.4. The van der Waals surface area contributed by atoms with E-state index in [2.05, 4.69) is 5.32 Å². The van der Waals surface area contributed by atoms with Gasteiger partial charge in [0.25, 0.3) is 0 Å². The van der Waals surface area contributed by atoms with Crippen LogP contribution in [0.2, 0.25) is 0 Å². The second-order valence-electron chi connectivity index (χ2n) is 5.66. The number of likely N-dealkylation sites (tertiary alicyclic amines) is 1. The van der Waals surface area contributed by atoms with Gasteiger partial charge in [0, 0.05) is 6.54 Å². The molecule has 1 rings (SSSR count). The molecule has 22 heavy (non-hydrogen) atoms. The standard InChI is InChI=1S/C14H26N4O4/c1-9(16)12(19)17-10(5-2-3-7-15)13(20)18-8-4-6-11(18)14(21)22/h9-11H,2-8,15-16H2,1H3,(H,17,19)(H,21,22)/t9-,10-,11-/m0/s1. The first-order valence-corrected chi connectivity index (χ1v) is 7.67. The van der Waals surface area contributed by atoms with Crippen molar-refractivity contribution >= 4 is 17.8 Å². The van der Waals surface area contributed by atoms with E-state index < -0.39 is 30.0 Å². The molecule has 0 aliphatic carbocycles. The first kappa shape index (κ1) is 18.4. The Bertz CT molecular complexity index is 414. The number of nitrogens with two attached hydrogens (primary N) is 2. The van der Waals surface area contributed by atoms with Crippen molar-refractivity contribution in [3.05, 3.63) is 0 Å². The van der Waals surface area contributed by atoms with Gasteiger partial charge in [-0.1, -0.05) is 0 Å². The number of carbonyl (C=O) groups is 3. The second kappa shape index (κ2) is 8.70. The van der Waals surface area contributed by atoms with Crippen molar-refractivity contribution in [2.75, 3.05) is 13.1 Å². The highest BCUT2D eigenvalue weighted by Crippen LogP contribution is 2.19. The van der Waals surface area contributed by atoms with Crippen LogP contribution < -0.4 is 16.8 Å². The van der Waals surface area contributed by atoms with Gasteiger partial charge < -0.3 is 26.8 Å². The monoisotopic (exact) mass is 314 g/mol. The van der Waals surface area contributed by atoms with Gasteiger partial charge in [-0.05, 0) is 45.6 Å². The molecule has 0 aromatic carbocycles. The molecule has 126 valence electrons. The summed E-state index contributed by atoms with van der Waals surface area (Å²) >= 11 is 0. The predicted octanol–water partition coefficient (Wildman–Crippen LogP) is -0.977. The number of hydrogen-bond donors (Lipinski definition) is 4. The fourth-order valence-electron chi connectivity index (χ4n) is 2.54. The maximum Gasteiger partial charge on any atom is 0.326 e. The first-order valence-electron chi connectivity index (χ1n) is 7.67. The van der Waals surface area contributed by atoms with Crippen molar-refractivity contribution in [2.24, 2.45) is 11.5 Å². The Morgan fingerprint density at radius 2 is 2.05 bits per heavy atom. The summed E-state index contributed by atoms with van der Waals surface area (Å²) in [5, 5.41) is 11.8. The summed E-state index contributed by atoms with van der Waals surface area (Å²) < 4.78 is 0. The van der Waals surface area contributed by atoms with E-state index in [4.69, 9.17) is 11.5 Å². The molecule has 6 N–H and O–H groups in total. The van der Waals surface area contributed by atoms with Gasteiger partial charge in [-0.25, -0.2) is 4.79 Å². The molecule has 0 spiro atoms. The Morgan fingerprint density at radius 3 is 2.59 bits per heavy atom. The zero-order chi connectivity index (χ0) is 16.7. The Labute approximate surface area is 130 Å². The minimum absolute atomic E-state index is 0.351. The van der Waals surface area contributed by atoms with Crippen LogP contribution in [0.15, 0.2) is 0 Å². The first-order chi connectivity index (χ1) is 10.4. The number of nitrogens with one attached hydrogen (secondary N) is 1. The van der Waals surface area contributed by atoms with Gasteiger partial charge in [0.15, 0.2) is 0 Å². The minimum atomic E-state index is -1.01. The molecule has 2 amide bonds. The summed E-state index contributed by atoms with van der Waals surface area (Å²) in [6, 6.07) is -2.28. The predicted molar refractivity (Wildman–Crippen MR) is 80.9 cm³/mol. The molecule has 0 aromatic heterocycles. The van der Waals surface area contributed by atoms with Crippen molar-refractivity contribution in [3.8, 4) is 0 Å². The lowest BCUT2D eigenvalue weighted by molar-refractivity contribution is -0.149. The number of aliphatic carboxylic acids is 1. The Hall–Kier alpha value is -1.67. The van der Waals surface area contributed by atoms with E-state index in [1.54, 1.807) is 0 Å². The van der Waals surface area contributed by atoms with Gasteiger partial charge in [-0.2, -0.15) is 0 Å². The molecule has 1 aliphatic rings. The van der Waals surface area contributed by atoms with E-state index in [-0.39, 0.29) is 5.91 Å². The third kappa shape index (κ3) is 4.96. The van der Waals surface area contributed by atoms with Gasteiger partial charge in [0.2, 0.25) is 11.8 Å². The van der Waals surface area contributed by atoms with Crippen LogP contribution in [0.3, 0.4) is 0 Å². The second-order valence-corrected chi connectivity index (χ2v) is 5.66. The van der Waals surface area contributed by atoms with Gasteiger partial charge in [0.05, 0.1) is 6.04 Å². The van der Waals surface area contributed by atoms with Crippen LogP contribution in [0.1, 0.15) is 39.0 Å². The highest BCUT2D eigenvalue weighted by Gasteiger charge is 2.37. The van der Waals surface area contributed by atoms with Crippen LogP contribution in [0.25, 0.3) is 0 Å². The number of carboxylic acids is 1. The van der Waals surface area contributed by atoms with Gasteiger partial charge in [0.1, 0.15) is 12.1 Å². The summed E-state index contributed by atoms with van der Waals surface area (Å²) in [5.41, 5.74) is 11.0. The fourth-order valence-corrected chi connectivity index (χ4v) is 2.54. The Balaban J connectivity index is 2.77. The van der Waals surface area contributed by atoms with Crippen LogP contribution in [0.5, 0.6) is 0 Å². The average Bonchev–Trinajstić information content (AvgIpc) is 2.94. The number of carbonyl (C=O) groups excluding carboxylic acids is 2. The van der Waals surface area contributed by atoms with Crippen LogP contribution in [-0.4, -0.2) is 59.0 Å². The van der Waals surface area contributed by atoms with Crippen LogP contribution in [0, 0.1) is 0 Å². The zero-order valence-corrected chi connectivity index (χ0v) is 13.0. The highest BCUT2D eigenvalue weighted by molar-refractivity contribution is 5.91. The van der Waals surface area contributed by atoms with Crippen molar-refractivity contribution in [1.29, 1.82) is 0 Å². The van der Waals surface area contributed by atoms with Crippen molar-refractivity contribution in [1.82, 2.24) is 10.2 Å². The molecular formula is C14H26N4O4. The van der Waals surface area contributed by atoms with E-state index in [0.29, 0.717) is 38.8 Å². The molecule has 1 aliphatic heterocycles. The lowest BCUT2D eigenvalue weighted by atomic mass is 10.1. The van der Waals surface area contributed by atoms with E-state index in [1.165, 1.54) is 11.8 Å². The molecule has 0 radical (unpaired) electrons. The lowest BCUT2D eigenvalue weighted by Gasteiger charge is -2.27. The molecule has 0 unspecified atom stereocenters. The number of nitrogens with zero attached hydrogens (tertiary/aromatic N) is 1. The van der Waals surface area contributed by atoms with E-state index in [0.717, 1.165) is 6.42 Å². The molecule has 3 atom stereocenters. The molecule has 1 heterocycles. The molecule has 0 saturated carbocycles. The number of carboxylic acid groups (broad SMARTS) is 1. The Morgan fingerprint density at radius 1 is 1.36 bits per heavy atom. The summed E-state index contributed by atoms with van der Waals surface area (Å²) in [4.78, 5) is 36.9. The minimum Gasteiger partial charge on any atom is -0.480 e. The fraction of sp³-hybridized carbons (Fsp3) is 0.786. The van der Waals surface area contributed by atoms with Gasteiger partial charge >= 0.3 is 5.97 Å².